The van der Waals surface area contributed by atoms with Crippen molar-refractivity contribution >= 4 is 17.7 Å². The molecule has 8 heteroatoms. The van der Waals surface area contributed by atoms with Gasteiger partial charge in [0.05, 0.1) is 0 Å². The van der Waals surface area contributed by atoms with Gasteiger partial charge >= 0.3 is 0 Å². The van der Waals surface area contributed by atoms with E-state index in [4.69, 9.17) is 0 Å². The second kappa shape index (κ2) is 5.79. The molecule has 132 valence electrons. The summed E-state index contributed by atoms with van der Waals surface area (Å²) in [5, 5.41) is 2.68. The third-order valence-electron chi connectivity index (χ3n) is 5.15. The molecule has 0 bridgehead atoms. The van der Waals surface area contributed by atoms with Gasteiger partial charge in [-0.3, -0.25) is 14.4 Å². The number of rotatable bonds is 2. The molecular weight excluding hydrogens is 332 g/mol. The first-order valence-corrected chi connectivity index (χ1v) is 8.32. The van der Waals surface area contributed by atoms with Crippen LogP contribution in [0.5, 0.6) is 0 Å². The maximum absolute atomic E-state index is 13.3. The van der Waals surface area contributed by atoms with Gasteiger partial charge in [0, 0.05) is 30.8 Å². The summed E-state index contributed by atoms with van der Waals surface area (Å²) < 4.78 is 26.5. The number of nitrogens with zero attached hydrogens (tertiary/aromatic N) is 2. The molecule has 25 heavy (non-hydrogen) atoms. The molecule has 4 rings (SSSR count). The summed E-state index contributed by atoms with van der Waals surface area (Å²) in [4.78, 5) is 40.5. The lowest BCUT2D eigenvalue weighted by molar-refractivity contribution is -0.156. The minimum atomic E-state index is -0.833. The molecule has 1 aromatic carbocycles. The largest absolute Gasteiger partial charge is 0.347 e. The third kappa shape index (κ3) is 2.65. The van der Waals surface area contributed by atoms with Crippen molar-refractivity contribution in [2.75, 3.05) is 13.1 Å². The predicted molar refractivity (Wildman–Crippen MR) is 82.5 cm³/mol. The maximum Gasteiger partial charge on any atom is 0.251 e. The standard InChI is InChI=1S/C17H17F2N3O3/c18-10-4-9(5-11(19)6-10)15(23)20-12-7-14-17(25)21-3-1-2-13(21)16(24)22(14)8-12/h4-6,12-14H,1-3,7-8H2,(H,20,23)/t12-,13-,14-/m0/s1. The van der Waals surface area contributed by atoms with Crippen LogP contribution in [0.4, 0.5) is 8.78 Å². The Kier molecular flexibility index (Phi) is 3.70. The van der Waals surface area contributed by atoms with Gasteiger partial charge in [-0.25, -0.2) is 8.78 Å². The lowest BCUT2D eigenvalue weighted by Crippen LogP contribution is -2.60. The van der Waals surface area contributed by atoms with Crippen LogP contribution < -0.4 is 5.32 Å². The van der Waals surface area contributed by atoms with Gasteiger partial charge in [0.1, 0.15) is 23.7 Å². The Bertz CT molecular complexity index is 719. The highest BCUT2D eigenvalue weighted by Crippen LogP contribution is 2.32. The first-order valence-electron chi connectivity index (χ1n) is 8.32. The second-order valence-corrected chi connectivity index (χ2v) is 6.76. The molecule has 3 aliphatic heterocycles. The van der Waals surface area contributed by atoms with Gasteiger partial charge < -0.3 is 15.1 Å². The fraction of sp³-hybridized carbons (Fsp3) is 0.471. The molecule has 3 aliphatic rings. The zero-order valence-corrected chi connectivity index (χ0v) is 13.4. The summed E-state index contributed by atoms with van der Waals surface area (Å²) in [7, 11) is 0. The highest BCUT2D eigenvalue weighted by molar-refractivity contribution is 5.98. The number of hydrogen-bond acceptors (Lipinski definition) is 3. The van der Waals surface area contributed by atoms with E-state index in [0.717, 1.165) is 18.6 Å². The molecule has 0 aromatic heterocycles. The molecule has 1 aromatic rings. The fourth-order valence-electron chi connectivity index (χ4n) is 4.04. The van der Waals surface area contributed by atoms with Gasteiger partial charge in [0.25, 0.3) is 5.91 Å². The van der Waals surface area contributed by atoms with E-state index >= 15 is 0 Å². The summed E-state index contributed by atoms with van der Waals surface area (Å²) in [6.45, 7) is 0.836. The number of halogens is 2. The van der Waals surface area contributed by atoms with E-state index in [1.807, 2.05) is 0 Å². The van der Waals surface area contributed by atoms with Crippen LogP contribution in [0.15, 0.2) is 18.2 Å². The van der Waals surface area contributed by atoms with E-state index in [9.17, 15) is 23.2 Å². The van der Waals surface area contributed by atoms with Gasteiger partial charge in [-0.05, 0) is 31.4 Å². The van der Waals surface area contributed by atoms with Crippen molar-refractivity contribution in [1.29, 1.82) is 0 Å². The van der Waals surface area contributed by atoms with Gasteiger partial charge in [0.2, 0.25) is 11.8 Å². The Hall–Kier alpha value is -2.51. The molecule has 3 atom stereocenters. The van der Waals surface area contributed by atoms with E-state index in [2.05, 4.69) is 5.32 Å². The summed E-state index contributed by atoms with van der Waals surface area (Å²) >= 11 is 0. The van der Waals surface area contributed by atoms with Crippen LogP contribution >= 0.6 is 0 Å². The average molecular weight is 349 g/mol. The molecule has 0 radical (unpaired) electrons. The zero-order valence-electron chi connectivity index (χ0n) is 13.4. The first-order chi connectivity index (χ1) is 11.9. The van der Waals surface area contributed by atoms with E-state index in [1.165, 1.54) is 4.90 Å². The molecule has 3 fully saturated rings. The minimum absolute atomic E-state index is 0.0735. The van der Waals surface area contributed by atoms with E-state index < -0.39 is 29.6 Å². The molecule has 0 saturated carbocycles. The Labute approximate surface area is 142 Å². The molecule has 0 unspecified atom stereocenters. The number of benzene rings is 1. The summed E-state index contributed by atoms with van der Waals surface area (Å²) in [6.07, 6.45) is 1.82. The van der Waals surface area contributed by atoms with Gasteiger partial charge in [-0.1, -0.05) is 0 Å². The number of hydrogen-bond donors (Lipinski definition) is 1. The number of amides is 3. The third-order valence-corrected chi connectivity index (χ3v) is 5.15. The van der Waals surface area contributed by atoms with Crippen LogP contribution in [0.1, 0.15) is 29.6 Å². The van der Waals surface area contributed by atoms with Gasteiger partial charge in [-0.15, -0.1) is 0 Å². The van der Waals surface area contributed by atoms with Crippen molar-refractivity contribution in [2.45, 2.75) is 37.4 Å². The van der Waals surface area contributed by atoms with E-state index in [1.54, 1.807) is 4.90 Å². The molecule has 6 nitrogen and oxygen atoms in total. The average Bonchev–Trinajstić information content (AvgIpc) is 3.19. The van der Waals surface area contributed by atoms with Crippen molar-refractivity contribution < 1.29 is 23.2 Å². The molecular formula is C17H17F2N3O3. The van der Waals surface area contributed by atoms with Crippen LogP contribution in [0.25, 0.3) is 0 Å². The number of nitrogens with one attached hydrogen (secondary N) is 1. The lowest BCUT2D eigenvalue weighted by atomic mass is 10.1. The smallest absolute Gasteiger partial charge is 0.251 e. The zero-order chi connectivity index (χ0) is 17.7. The Balaban J connectivity index is 1.48. The number of carbonyl (C=O) groups excluding carboxylic acids is 3. The van der Waals surface area contributed by atoms with Crippen LogP contribution in [-0.2, 0) is 9.59 Å². The van der Waals surface area contributed by atoms with Crippen LogP contribution in [0.3, 0.4) is 0 Å². The highest BCUT2D eigenvalue weighted by atomic mass is 19.1. The van der Waals surface area contributed by atoms with Crippen molar-refractivity contribution in [3.05, 3.63) is 35.4 Å². The quantitative estimate of drug-likeness (QED) is 0.853. The lowest BCUT2D eigenvalue weighted by Gasteiger charge is -2.38. The van der Waals surface area contributed by atoms with Crippen LogP contribution in [-0.4, -0.2) is 58.7 Å². The van der Waals surface area contributed by atoms with Crippen LogP contribution in [0.2, 0.25) is 0 Å². The summed E-state index contributed by atoms with van der Waals surface area (Å²) in [6, 6.07) is 1.24. The Morgan fingerprint density at radius 3 is 2.44 bits per heavy atom. The first kappa shape index (κ1) is 16.0. The molecule has 3 heterocycles. The van der Waals surface area contributed by atoms with Gasteiger partial charge in [0.15, 0.2) is 0 Å². The van der Waals surface area contributed by atoms with Crippen molar-refractivity contribution in [1.82, 2.24) is 15.1 Å². The molecule has 0 spiro atoms. The number of fused-ring (bicyclic) bond motifs is 2. The maximum atomic E-state index is 13.3. The monoisotopic (exact) mass is 349 g/mol. The molecule has 0 aliphatic carbocycles. The van der Waals surface area contributed by atoms with Crippen molar-refractivity contribution in [3.63, 3.8) is 0 Å². The van der Waals surface area contributed by atoms with E-state index in [0.29, 0.717) is 25.5 Å². The molecule has 3 saturated heterocycles. The van der Waals surface area contributed by atoms with Crippen molar-refractivity contribution in [3.8, 4) is 0 Å². The van der Waals surface area contributed by atoms with Crippen molar-refractivity contribution in [2.24, 2.45) is 0 Å². The molecule has 3 amide bonds. The SMILES string of the molecule is O=C(N[C@H]1C[C@H]2C(=O)N3CCC[C@H]3C(=O)N2C1)c1cc(F)cc(F)c1. The molecule has 1 N–H and O–H groups in total. The Morgan fingerprint density at radius 2 is 1.72 bits per heavy atom. The summed E-state index contributed by atoms with van der Waals surface area (Å²) in [5.74, 6) is -2.44. The topological polar surface area (TPSA) is 69.7 Å². The Morgan fingerprint density at radius 1 is 1.04 bits per heavy atom. The number of carbonyl (C=O) groups is 3. The van der Waals surface area contributed by atoms with E-state index in [-0.39, 0.29) is 30.0 Å². The minimum Gasteiger partial charge on any atom is -0.347 e. The second-order valence-electron chi connectivity index (χ2n) is 6.76. The highest BCUT2D eigenvalue weighted by Gasteiger charge is 2.51. The normalized spacial score (nSPS) is 28.2. The van der Waals surface area contributed by atoms with Crippen LogP contribution in [0, 0.1) is 11.6 Å². The number of piperazine rings is 1. The predicted octanol–water partition coefficient (Wildman–Crippen LogP) is 0.669. The summed E-state index contributed by atoms with van der Waals surface area (Å²) in [5.41, 5.74) is -0.124. The van der Waals surface area contributed by atoms with Gasteiger partial charge in [-0.2, -0.15) is 0 Å². The fourth-order valence-corrected chi connectivity index (χ4v) is 4.04.